The van der Waals surface area contributed by atoms with Crippen LogP contribution in [0, 0.1) is 6.92 Å². The van der Waals surface area contributed by atoms with Gasteiger partial charge in [-0.2, -0.15) is 5.10 Å². The van der Waals surface area contributed by atoms with Crippen LogP contribution >= 0.6 is 0 Å². The lowest BCUT2D eigenvalue weighted by Gasteiger charge is -2.22. The summed E-state index contributed by atoms with van der Waals surface area (Å²) in [6, 6.07) is 10.6. The molecular weight excluding hydrogens is 344 g/mol. The number of amides is 1. The normalized spacial score (nSPS) is 16.8. The third kappa shape index (κ3) is 2.85. The summed E-state index contributed by atoms with van der Waals surface area (Å²) in [6.45, 7) is 2.28. The first-order valence-corrected chi connectivity index (χ1v) is 8.91. The van der Waals surface area contributed by atoms with E-state index in [1.807, 2.05) is 37.3 Å². The smallest absolute Gasteiger partial charge is 0.326 e. The Morgan fingerprint density at radius 1 is 1.22 bits per heavy atom. The third-order valence-electron chi connectivity index (χ3n) is 5.07. The maximum absolute atomic E-state index is 13.3. The lowest BCUT2D eigenvalue weighted by atomic mass is 10.0. The predicted octanol–water partition coefficient (Wildman–Crippen LogP) is 2.63. The van der Waals surface area contributed by atoms with E-state index in [1.165, 1.54) is 4.90 Å². The van der Waals surface area contributed by atoms with Gasteiger partial charge < -0.3 is 10.0 Å². The zero-order valence-corrected chi connectivity index (χ0v) is 15.2. The molecular formula is C20H20N4O3. The molecule has 1 aromatic carbocycles. The highest BCUT2D eigenvalue weighted by Gasteiger charge is 2.35. The van der Waals surface area contributed by atoms with Gasteiger partial charge in [0.15, 0.2) is 5.65 Å². The van der Waals surface area contributed by atoms with Crippen LogP contribution in [0.2, 0.25) is 0 Å². The van der Waals surface area contributed by atoms with Crippen LogP contribution in [0.25, 0.3) is 22.3 Å². The number of fused-ring (bicyclic) bond motifs is 1. The van der Waals surface area contributed by atoms with Crippen LogP contribution in [0.5, 0.6) is 0 Å². The SMILES string of the molecule is Cc1nn(C)c2nc(-c3ccccc3)cc(C(=O)N3CCC[C@@H]3C(=O)O)c12. The van der Waals surface area contributed by atoms with Crippen LogP contribution < -0.4 is 0 Å². The second-order valence-corrected chi connectivity index (χ2v) is 6.82. The number of benzene rings is 1. The maximum Gasteiger partial charge on any atom is 0.326 e. The van der Waals surface area contributed by atoms with Gasteiger partial charge in [0.1, 0.15) is 6.04 Å². The van der Waals surface area contributed by atoms with Gasteiger partial charge in [-0.1, -0.05) is 30.3 Å². The number of hydrogen-bond acceptors (Lipinski definition) is 4. The van der Waals surface area contributed by atoms with Crippen molar-refractivity contribution in [1.29, 1.82) is 0 Å². The Balaban J connectivity index is 1.91. The fraction of sp³-hybridized carbons (Fsp3) is 0.300. The van der Waals surface area contributed by atoms with E-state index in [0.29, 0.717) is 47.4 Å². The molecule has 27 heavy (non-hydrogen) atoms. The van der Waals surface area contributed by atoms with Gasteiger partial charge in [0.05, 0.1) is 22.3 Å². The van der Waals surface area contributed by atoms with Gasteiger partial charge in [-0.25, -0.2) is 9.78 Å². The number of aromatic nitrogens is 3. The Morgan fingerprint density at radius 3 is 2.67 bits per heavy atom. The fourth-order valence-corrected chi connectivity index (χ4v) is 3.79. The molecule has 2 aromatic heterocycles. The average molecular weight is 364 g/mol. The number of pyridine rings is 1. The quantitative estimate of drug-likeness (QED) is 0.772. The molecule has 0 bridgehead atoms. The number of carboxylic acids is 1. The third-order valence-corrected chi connectivity index (χ3v) is 5.07. The minimum atomic E-state index is -0.961. The number of hydrogen-bond donors (Lipinski definition) is 1. The van der Waals surface area contributed by atoms with Crippen LogP contribution in [-0.4, -0.2) is 49.2 Å². The highest BCUT2D eigenvalue weighted by Crippen LogP contribution is 2.29. The number of aliphatic carboxylic acids is 1. The summed E-state index contributed by atoms with van der Waals surface area (Å²) in [7, 11) is 1.79. The molecule has 7 nitrogen and oxygen atoms in total. The van der Waals surface area contributed by atoms with Crippen LogP contribution in [0.4, 0.5) is 0 Å². The van der Waals surface area contributed by atoms with Crippen molar-refractivity contribution >= 4 is 22.9 Å². The van der Waals surface area contributed by atoms with Gasteiger partial charge in [-0.05, 0) is 25.8 Å². The van der Waals surface area contributed by atoms with E-state index < -0.39 is 12.0 Å². The van der Waals surface area contributed by atoms with Gasteiger partial charge in [-0.3, -0.25) is 9.48 Å². The summed E-state index contributed by atoms with van der Waals surface area (Å²) < 4.78 is 1.66. The maximum atomic E-state index is 13.3. The summed E-state index contributed by atoms with van der Waals surface area (Å²) in [6.07, 6.45) is 1.17. The van der Waals surface area contributed by atoms with E-state index in [-0.39, 0.29) is 5.91 Å². The molecule has 1 aliphatic rings. The largest absolute Gasteiger partial charge is 0.480 e. The average Bonchev–Trinajstić information content (AvgIpc) is 3.27. The zero-order valence-electron chi connectivity index (χ0n) is 15.2. The summed E-state index contributed by atoms with van der Waals surface area (Å²) in [5.41, 5.74) is 3.33. The van der Waals surface area contributed by atoms with E-state index in [1.54, 1.807) is 17.8 Å². The topological polar surface area (TPSA) is 88.3 Å². The molecule has 0 saturated carbocycles. The van der Waals surface area contributed by atoms with Crippen molar-refractivity contribution in [3.05, 3.63) is 47.7 Å². The second-order valence-electron chi connectivity index (χ2n) is 6.82. The van der Waals surface area contributed by atoms with E-state index in [4.69, 9.17) is 4.98 Å². The van der Waals surface area contributed by atoms with Crippen LogP contribution in [0.3, 0.4) is 0 Å². The molecule has 1 aliphatic heterocycles. The van der Waals surface area contributed by atoms with Crippen molar-refractivity contribution in [2.45, 2.75) is 25.8 Å². The highest BCUT2D eigenvalue weighted by atomic mass is 16.4. The summed E-state index contributed by atoms with van der Waals surface area (Å²) >= 11 is 0. The molecule has 1 atom stereocenters. The Labute approximate surface area is 156 Å². The van der Waals surface area contributed by atoms with Crippen molar-refractivity contribution in [2.24, 2.45) is 7.05 Å². The highest BCUT2D eigenvalue weighted by molar-refractivity contribution is 6.08. The minimum Gasteiger partial charge on any atom is -0.480 e. The van der Waals surface area contributed by atoms with E-state index in [2.05, 4.69) is 5.10 Å². The second kappa shape index (κ2) is 6.50. The lowest BCUT2D eigenvalue weighted by Crippen LogP contribution is -2.40. The van der Waals surface area contributed by atoms with Gasteiger partial charge in [0.2, 0.25) is 0 Å². The number of rotatable bonds is 3. The molecule has 0 radical (unpaired) electrons. The summed E-state index contributed by atoms with van der Waals surface area (Å²) in [5.74, 6) is -1.24. The standard InChI is InChI=1S/C20H20N4O3/c1-12-17-14(19(25)24-10-6-9-16(24)20(26)27)11-15(13-7-4-3-5-8-13)21-18(17)23(2)22-12/h3-5,7-8,11,16H,6,9-10H2,1-2H3,(H,26,27)/t16-/m1/s1. The number of nitrogens with zero attached hydrogens (tertiary/aromatic N) is 4. The molecule has 0 spiro atoms. The molecule has 1 amide bonds. The van der Waals surface area contributed by atoms with Crippen LogP contribution in [0.15, 0.2) is 36.4 Å². The van der Waals surface area contributed by atoms with Crippen LogP contribution in [-0.2, 0) is 11.8 Å². The molecule has 0 aliphatic carbocycles. The van der Waals surface area contributed by atoms with E-state index >= 15 is 0 Å². The Kier molecular flexibility index (Phi) is 4.14. The molecule has 138 valence electrons. The minimum absolute atomic E-state index is 0.277. The van der Waals surface area contributed by atoms with Gasteiger partial charge >= 0.3 is 5.97 Å². The number of aryl methyl sites for hydroxylation is 2. The van der Waals surface area contributed by atoms with Gasteiger partial charge in [0, 0.05) is 19.2 Å². The molecule has 0 unspecified atom stereocenters. The fourth-order valence-electron chi connectivity index (χ4n) is 3.79. The van der Waals surface area contributed by atoms with Crippen molar-refractivity contribution in [1.82, 2.24) is 19.7 Å². The Hall–Kier alpha value is -3.22. The first-order valence-electron chi connectivity index (χ1n) is 8.91. The van der Waals surface area contributed by atoms with Crippen LogP contribution in [0.1, 0.15) is 28.9 Å². The number of likely N-dealkylation sites (tertiary alicyclic amines) is 1. The lowest BCUT2D eigenvalue weighted by molar-refractivity contribution is -0.141. The predicted molar refractivity (Wildman–Crippen MR) is 100 cm³/mol. The first kappa shape index (κ1) is 17.2. The number of carbonyl (C=O) groups excluding carboxylic acids is 1. The molecule has 3 heterocycles. The van der Waals surface area contributed by atoms with Crippen molar-refractivity contribution < 1.29 is 14.7 Å². The summed E-state index contributed by atoms with van der Waals surface area (Å²) in [4.78, 5) is 31.0. The van der Waals surface area contributed by atoms with Crippen molar-refractivity contribution in [2.75, 3.05) is 6.54 Å². The van der Waals surface area contributed by atoms with Gasteiger partial charge in [-0.15, -0.1) is 0 Å². The monoisotopic (exact) mass is 364 g/mol. The van der Waals surface area contributed by atoms with Crippen molar-refractivity contribution in [3.63, 3.8) is 0 Å². The van der Waals surface area contributed by atoms with Crippen molar-refractivity contribution in [3.8, 4) is 11.3 Å². The molecule has 1 saturated heterocycles. The molecule has 7 heteroatoms. The summed E-state index contributed by atoms with van der Waals surface area (Å²) in [5, 5.41) is 14.6. The zero-order chi connectivity index (χ0) is 19.1. The molecule has 3 aromatic rings. The van der Waals surface area contributed by atoms with E-state index in [0.717, 1.165) is 5.56 Å². The molecule has 1 fully saturated rings. The Bertz CT molecular complexity index is 1040. The molecule has 1 N–H and O–H groups in total. The van der Waals surface area contributed by atoms with E-state index in [9.17, 15) is 14.7 Å². The first-order chi connectivity index (χ1) is 13.0. The number of carbonyl (C=O) groups is 2. The number of carboxylic acid groups (broad SMARTS) is 1. The molecule has 4 rings (SSSR count). The Morgan fingerprint density at radius 2 is 1.96 bits per heavy atom. The van der Waals surface area contributed by atoms with Gasteiger partial charge in [0.25, 0.3) is 5.91 Å².